The van der Waals surface area contributed by atoms with Gasteiger partial charge in [-0.25, -0.2) is 9.97 Å². The summed E-state index contributed by atoms with van der Waals surface area (Å²) >= 11 is 0. The van der Waals surface area contributed by atoms with Crippen LogP contribution in [0.5, 0.6) is 0 Å². The number of nitrogens with one attached hydrogen (secondary N) is 1. The Balaban J connectivity index is 1.40. The SMILES string of the molecule is COCOC(C)(C)c1ccc(-c2ccnc(NCc3ccc(-c4noc(C(F)(F)F)n4)cc3)n2)cn1. The summed E-state index contributed by atoms with van der Waals surface area (Å²) in [5.41, 5.74) is 2.92. The van der Waals surface area contributed by atoms with Crippen LogP contribution in [0.2, 0.25) is 0 Å². The zero-order valence-electron chi connectivity index (χ0n) is 19.7. The second-order valence-corrected chi connectivity index (χ2v) is 8.23. The monoisotopic (exact) mass is 500 g/mol. The average Bonchev–Trinajstić information content (AvgIpc) is 3.38. The van der Waals surface area contributed by atoms with Crippen molar-refractivity contribution in [1.82, 2.24) is 25.1 Å². The van der Waals surface area contributed by atoms with Gasteiger partial charge < -0.3 is 19.3 Å². The highest BCUT2D eigenvalue weighted by molar-refractivity contribution is 5.59. The van der Waals surface area contributed by atoms with E-state index in [0.717, 1.165) is 16.8 Å². The minimum Gasteiger partial charge on any atom is -0.359 e. The largest absolute Gasteiger partial charge is 0.471 e. The fourth-order valence-corrected chi connectivity index (χ4v) is 3.20. The second-order valence-electron chi connectivity index (χ2n) is 8.23. The van der Waals surface area contributed by atoms with Crippen LogP contribution in [0.4, 0.5) is 19.1 Å². The number of hydrogen-bond acceptors (Lipinski definition) is 9. The summed E-state index contributed by atoms with van der Waals surface area (Å²) in [5, 5.41) is 6.53. The highest BCUT2D eigenvalue weighted by atomic mass is 19.4. The first kappa shape index (κ1) is 25.2. The first-order chi connectivity index (χ1) is 17.2. The van der Waals surface area contributed by atoms with Crippen molar-refractivity contribution in [3.63, 3.8) is 0 Å². The molecular weight excluding hydrogens is 477 g/mol. The van der Waals surface area contributed by atoms with Gasteiger partial charge in [-0.3, -0.25) is 4.98 Å². The Morgan fingerprint density at radius 1 is 0.944 bits per heavy atom. The molecule has 36 heavy (non-hydrogen) atoms. The van der Waals surface area contributed by atoms with Crippen LogP contribution in [0.25, 0.3) is 22.6 Å². The van der Waals surface area contributed by atoms with Crippen LogP contribution in [-0.4, -0.2) is 39.0 Å². The number of halogens is 3. The number of aromatic nitrogens is 5. The van der Waals surface area contributed by atoms with Gasteiger partial charge in [0.1, 0.15) is 12.4 Å². The Morgan fingerprint density at radius 2 is 1.69 bits per heavy atom. The molecule has 4 aromatic rings. The third-order valence-corrected chi connectivity index (χ3v) is 5.20. The zero-order valence-corrected chi connectivity index (χ0v) is 19.7. The molecule has 0 saturated heterocycles. The molecular formula is C24H23F3N6O3. The first-order valence-corrected chi connectivity index (χ1v) is 10.8. The van der Waals surface area contributed by atoms with Gasteiger partial charge in [-0.1, -0.05) is 29.4 Å². The van der Waals surface area contributed by atoms with Crippen molar-refractivity contribution in [2.24, 2.45) is 0 Å². The van der Waals surface area contributed by atoms with E-state index in [-0.39, 0.29) is 12.6 Å². The summed E-state index contributed by atoms with van der Waals surface area (Å²) < 4.78 is 52.9. The lowest BCUT2D eigenvalue weighted by Crippen LogP contribution is -2.24. The molecule has 0 fully saturated rings. The van der Waals surface area contributed by atoms with Gasteiger partial charge >= 0.3 is 12.1 Å². The van der Waals surface area contributed by atoms with E-state index < -0.39 is 17.7 Å². The van der Waals surface area contributed by atoms with Gasteiger partial charge in [0.05, 0.1) is 11.4 Å². The summed E-state index contributed by atoms with van der Waals surface area (Å²) in [6.07, 6.45) is -1.32. The van der Waals surface area contributed by atoms with Crippen molar-refractivity contribution < 1.29 is 27.2 Å². The number of rotatable bonds is 9. The number of benzene rings is 1. The molecule has 3 heterocycles. The molecule has 0 bridgehead atoms. The molecule has 4 rings (SSSR count). The van der Waals surface area contributed by atoms with Crippen LogP contribution in [0.3, 0.4) is 0 Å². The van der Waals surface area contributed by atoms with Gasteiger partial charge in [-0.05, 0) is 37.6 Å². The molecule has 0 atom stereocenters. The minimum absolute atomic E-state index is 0.133. The van der Waals surface area contributed by atoms with Gasteiger partial charge in [-0.15, -0.1) is 0 Å². The molecule has 0 radical (unpaired) electrons. The summed E-state index contributed by atoms with van der Waals surface area (Å²) in [5.74, 6) is -1.10. The highest BCUT2D eigenvalue weighted by Crippen LogP contribution is 2.29. The van der Waals surface area contributed by atoms with Crippen LogP contribution in [0, 0.1) is 0 Å². The van der Waals surface area contributed by atoms with E-state index in [0.29, 0.717) is 23.8 Å². The predicted molar refractivity (Wildman–Crippen MR) is 123 cm³/mol. The molecule has 0 aliphatic rings. The van der Waals surface area contributed by atoms with E-state index in [1.54, 1.807) is 49.8 Å². The van der Waals surface area contributed by atoms with Crippen LogP contribution < -0.4 is 5.32 Å². The smallest absolute Gasteiger partial charge is 0.359 e. The van der Waals surface area contributed by atoms with Crippen LogP contribution in [0.1, 0.15) is 31.0 Å². The summed E-state index contributed by atoms with van der Waals surface area (Å²) in [6, 6.07) is 12.3. The van der Waals surface area contributed by atoms with Crippen molar-refractivity contribution in [3.05, 3.63) is 72.0 Å². The molecule has 188 valence electrons. The molecule has 0 spiro atoms. The highest BCUT2D eigenvalue weighted by Gasteiger charge is 2.38. The molecule has 1 N–H and O–H groups in total. The van der Waals surface area contributed by atoms with Crippen molar-refractivity contribution in [3.8, 4) is 22.6 Å². The summed E-state index contributed by atoms with van der Waals surface area (Å²) in [7, 11) is 1.56. The number of ether oxygens (including phenoxy) is 2. The fraction of sp³-hybridized carbons (Fsp3) is 0.292. The summed E-state index contributed by atoms with van der Waals surface area (Å²) in [4.78, 5) is 16.7. The van der Waals surface area contributed by atoms with E-state index in [4.69, 9.17) is 9.47 Å². The van der Waals surface area contributed by atoms with Gasteiger partial charge in [0.25, 0.3) is 0 Å². The maximum absolute atomic E-state index is 12.7. The Labute approximate surface area is 204 Å². The zero-order chi connectivity index (χ0) is 25.8. The second kappa shape index (κ2) is 10.4. The number of pyridine rings is 1. The third kappa shape index (κ3) is 6.01. The molecule has 0 aliphatic heterocycles. The van der Waals surface area contributed by atoms with E-state index in [2.05, 4.69) is 34.9 Å². The Morgan fingerprint density at radius 3 is 2.33 bits per heavy atom. The normalized spacial score (nSPS) is 12.1. The van der Waals surface area contributed by atoms with E-state index in [9.17, 15) is 13.2 Å². The van der Waals surface area contributed by atoms with E-state index in [1.165, 1.54) is 0 Å². The van der Waals surface area contributed by atoms with Crippen molar-refractivity contribution in [1.29, 1.82) is 0 Å². The molecule has 0 aliphatic carbocycles. The Kier molecular flexibility index (Phi) is 7.27. The van der Waals surface area contributed by atoms with Gasteiger partial charge in [0.15, 0.2) is 0 Å². The molecule has 1 aromatic carbocycles. The van der Waals surface area contributed by atoms with Crippen LogP contribution in [0.15, 0.2) is 59.4 Å². The fourth-order valence-electron chi connectivity index (χ4n) is 3.20. The maximum atomic E-state index is 12.7. The number of anilines is 1. The van der Waals surface area contributed by atoms with Crippen LogP contribution >= 0.6 is 0 Å². The quantitative estimate of drug-likeness (QED) is 0.315. The minimum atomic E-state index is -4.68. The Hall–Kier alpha value is -3.90. The van der Waals surface area contributed by atoms with Gasteiger partial charge in [-0.2, -0.15) is 18.2 Å². The Bertz CT molecular complexity index is 1290. The van der Waals surface area contributed by atoms with Crippen LogP contribution in [-0.2, 0) is 27.8 Å². The van der Waals surface area contributed by atoms with Crippen molar-refractivity contribution in [2.75, 3.05) is 19.2 Å². The predicted octanol–water partition coefficient (Wildman–Crippen LogP) is 5.08. The van der Waals surface area contributed by atoms with E-state index in [1.807, 2.05) is 26.0 Å². The molecule has 12 heteroatoms. The topological polar surface area (TPSA) is 108 Å². The number of methoxy groups -OCH3 is 1. The number of hydrogen-bond donors (Lipinski definition) is 1. The molecule has 0 amide bonds. The lowest BCUT2D eigenvalue weighted by molar-refractivity contribution is -0.159. The van der Waals surface area contributed by atoms with E-state index >= 15 is 0 Å². The molecule has 9 nitrogen and oxygen atoms in total. The average molecular weight is 500 g/mol. The van der Waals surface area contributed by atoms with Gasteiger partial charge in [0, 0.05) is 37.2 Å². The number of nitrogens with zero attached hydrogens (tertiary/aromatic N) is 5. The lowest BCUT2D eigenvalue weighted by Gasteiger charge is -2.24. The van der Waals surface area contributed by atoms with Crippen molar-refractivity contribution >= 4 is 5.95 Å². The molecule has 0 saturated carbocycles. The molecule has 3 aromatic heterocycles. The van der Waals surface area contributed by atoms with Gasteiger partial charge in [0.2, 0.25) is 11.8 Å². The molecule has 0 unspecified atom stereocenters. The number of alkyl halides is 3. The third-order valence-electron chi connectivity index (χ3n) is 5.20. The van der Waals surface area contributed by atoms with Crippen molar-refractivity contribution in [2.45, 2.75) is 32.2 Å². The lowest BCUT2D eigenvalue weighted by atomic mass is 10.0. The maximum Gasteiger partial charge on any atom is 0.471 e. The standard InChI is InChI=1S/C24H23F3N6O3/c1-23(2,35-14-34-3)19-9-8-17(13-29-19)18-10-11-28-22(31-18)30-12-15-4-6-16(7-5-15)20-32-21(36-33-20)24(25,26)27/h4-11,13H,12,14H2,1-3H3,(H,28,30,31). The first-order valence-electron chi connectivity index (χ1n) is 10.8. The summed E-state index contributed by atoms with van der Waals surface area (Å²) in [6.45, 7) is 4.38.